The monoisotopic (exact) mass is 531 g/mol. The predicted molar refractivity (Wildman–Crippen MR) is 149 cm³/mol. The standard InChI is InChI=1S/C30H45NO5S/c32-23-26-21-25(15-16-29(26)33)30(34)22-31-17-6-1-2-7-18-36-19-8-5-10-24-11-9-14-28(20-24)37(35)27-12-3-4-13-27/h9,11,14-16,20-21,27,30-34H,1-8,10,12-13,17-19,22-23H2/t30-,37?/m0/s1. The summed E-state index contributed by atoms with van der Waals surface area (Å²) in [6.45, 7) is 2.64. The lowest BCUT2D eigenvalue weighted by Crippen LogP contribution is -2.22. The van der Waals surface area contributed by atoms with E-state index in [1.54, 1.807) is 12.1 Å². The Hall–Kier alpha value is -1.77. The highest BCUT2D eigenvalue weighted by molar-refractivity contribution is 7.85. The number of aliphatic hydroxyl groups excluding tert-OH is 2. The normalized spacial score (nSPS) is 15.7. The summed E-state index contributed by atoms with van der Waals surface area (Å²) in [6.07, 6.45) is 11.5. The third-order valence-corrected chi connectivity index (χ3v) is 8.92. The van der Waals surface area contributed by atoms with Gasteiger partial charge in [0.05, 0.1) is 23.5 Å². The lowest BCUT2D eigenvalue weighted by atomic mass is 10.1. The number of ether oxygens (including phenoxy) is 1. The number of aromatic hydroxyl groups is 1. The van der Waals surface area contributed by atoms with E-state index < -0.39 is 16.9 Å². The molecule has 2 aromatic carbocycles. The van der Waals surface area contributed by atoms with Crippen molar-refractivity contribution >= 4 is 10.8 Å². The SMILES string of the molecule is O=S(c1cccc(CCCCOCCCCCCNC[C@H](O)c2ccc(O)c(CO)c2)c1)C1CCCC1. The fourth-order valence-corrected chi connectivity index (χ4v) is 6.49. The van der Waals surface area contributed by atoms with Gasteiger partial charge in [0.25, 0.3) is 0 Å². The van der Waals surface area contributed by atoms with Crippen molar-refractivity contribution in [2.24, 2.45) is 0 Å². The predicted octanol–water partition coefficient (Wildman–Crippen LogP) is 5.16. The van der Waals surface area contributed by atoms with Crippen molar-refractivity contribution in [3.05, 3.63) is 59.2 Å². The number of hydrogen-bond donors (Lipinski definition) is 4. The average molecular weight is 532 g/mol. The van der Waals surface area contributed by atoms with Crippen molar-refractivity contribution in [3.63, 3.8) is 0 Å². The summed E-state index contributed by atoms with van der Waals surface area (Å²) in [5.41, 5.74) is 2.40. The number of nitrogens with one attached hydrogen (secondary N) is 1. The summed E-state index contributed by atoms with van der Waals surface area (Å²) in [4.78, 5) is 1.00. The van der Waals surface area contributed by atoms with Crippen LogP contribution in [0.2, 0.25) is 0 Å². The summed E-state index contributed by atoms with van der Waals surface area (Å²) in [5, 5.41) is 32.8. The van der Waals surface area contributed by atoms with Gasteiger partial charge in [-0.3, -0.25) is 4.21 Å². The Kier molecular flexibility index (Phi) is 13.6. The van der Waals surface area contributed by atoms with Crippen LogP contribution in [0.3, 0.4) is 0 Å². The van der Waals surface area contributed by atoms with Gasteiger partial charge in [-0.25, -0.2) is 0 Å². The van der Waals surface area contributed by atoms with Crippen LogP contribution in [-0.2, 0) is 28.6 Å². The topological polar surface area (TPSA) is 99.0 Å². The number of phenols is 1. The van der Waals surface area contributed by atoms with Gasteiger partial charge >= 0.3 is 0 Å². The molecule has 0 aromatic heterocycles. The zero-order valence-electron chi connectivity index (χ0n) is 22.1. The fraction of sp³-hybridized carbons (Fsp3) is 0.600. The largest absolute Gasteiger partial charge is 0.508 e. The molecule has 6 nitrogen and oxygen atoms in total. The molecule has 1 aliphatic rings. The number of aliphatic hydroxyl groups is 2. The lowest BCUT2D eigenvalue weighted by molar-refractivity contribution is 0.126. The van der Waals surface area contributed by atoms with E-state index >= 15 is 0 Å². The molecule has 2 aromatic rings. The summed E-state index contributed by atoms with van der Waals surface area (Å²) in [7, 11) is -0.853. The number of hydrogen-bond acceptors (Lipinski definition) is 6. The third-order valence-electron chi connectivity index (χ3n) is 7.13. The minimum Gasteiger partial charge on any atom is -0.508 e. The van der Waals surface area contributed by atoms with Gasteiger partial charge in [0.2, 0.25) is 0 Å². The molecule has 0 radical (unpaired) electrons. The highest BCUT2D eigenvalue weighted by Crippen LogP contribution is 2.27. The van der Waals surface area contributed by atoms with E-state index in [1.165, 1.54) is 24.5 Å². The average Bonchev–Trinajstić information content (AvgIpc) is 3.46. The smallest absolute Gasteiger partial charge is 0.121 e. The Balaban J connectivity index is 1.14. The minimum atomic E-state index is -0.853. The van der Waals surface area contributed by atoms with Crippen LogP contribution in [-0.4, -0.2) is 51.1 Å². The van der Waals surface area contributed by atoms with Gasteiger partial charge in [0, 0.05) is 35.5 Å². The number of unbranched alkanes of at least 4 members (excludes halogenated alkanes) is 4. The fourth-order valence-electron chi connectivity index (χ4n) is 4.86. The van der Waals surface area contributed by atoms with Gasteiger partial charge in [-0.1, -0.05) is 43.9 Å². The highest BCUT2D eigenvalue weighted by atomic mass is 32.2. The maximum atomic E-state index is 12.7. The third kappa shape index (κ3) is 10.5. The van der Waals surface area contributed by atoms with E-state index in [4.69, 9.17) is 4.74 Å². The van der Waals surface area contributed by atoms with E-state index in [2.05, 4.69) is 23.5 Å². The molecular weight excluding hydrogens is 486 g/mol. The zero-order chi connectivity index (χ0) is 26.3. The lowest BCUT2D eigenvalue weighted by Gasteiger charge is -2.14. The molecule has 206 valence electrons. The Morgan fingerprint density at radius 3 is 2.51 bits per heavy atom. The molecule has 1 aliphatic carbocycles. The van der Waals surface area contributed by atoms with Gasteiger partial charge in [-0.2, -0.15) is 0 Å². The maximum Gasteiger partial charge on any atom is 0.121 e. The first kappa shape index (κ1) is 29.8. The summed E-state index contributed by atoms with van der Waals surface area (Å²) < 4.78 is 18.6. The number of rotatable bonds is 18. The quantitative estimate of drug-likeness (QED) is 0.198. The molecule has 4 N–H and O–H groups in total. The van der Waals surface area contributed by atoms with E-state index in [9.17, 15) is 19.5 Å². The van der Waals surface area contributed by atoms with Gasteiger partial charge in [-0.05, 0) is 86.9 Å². The van der Waals surface area contributed by atoms with E-state index in [0.717, 1.165) is 82.4 Å². The molecule has 0 aliphatic heterocycles. The highest BCUT2D eigenvalue weighted by Gasteiger charge is 2.22. The molecule has 7 heteroatoms. The van der Waals surface area contributed by atoms with Crippen molar-refractivity contribution in [3.8, 4) is 5.75 Å². The van der Waals surface area contributed by atoms with E-state index in [0.29, 0.717) is 22.9 Å². The van der Waals surface area contributed by atoms with Crippen LogP contribution in [0.25, 0.3) is 0 Å². The summed E-state index contributed by atoms with van der Waals surface area (Å²) in [6, 6.07) is 13.2. The first-order chi connectivity index (χ1) is 18.1. The Labute approximate surface area is 224 Å². The summed E-state index contributed by atoms with van der Waals surface area (Å²) >= 11 is 0. The van der Waals surface area contributed by atoms with Crippen molar-refractivity contribution in [1.82, 2.24) is 5.32 Å². The Morgan fingerprint density at radius 1 is 0.973 bits per heavy atom. The Morgan fingerprint density at radius 2 is 1.73 bits per heavy atom. The van der Waals surface area contributed by atoms with Crippen LogP contribution in [0.1, 0.15) is 87.0 Å². The van der Waals surface area contributed by atoms with Crippen LogP contribution in [0, 0.1) is 0 Å². The van der Waals surface area contributed by atoms with Crippen molar-refractivity contribution < 1.29 is 24.3 Å². The second kappa shape index (κ2) is 16.9. The molecule has 3 rings (SSSR count). The molecule has 2 atom stereocenters. The zero-order valence-corrected chi connectivity index (χ0v) is 22.9. The molecule has 0 bridgehead atoms. The molecular formula is C30H45NO5S. The van der Waals surface area contributed by atoms with Crippen LogP contribution in [0.5, 0.6) is 5.75 Å². The number of benzene rings is 2. The second-order valence-corrected chi connectivity index (χ2v) is 11.8. The van der Waals surface area contributed by atoms with Crippen LogP contribution < -0.4 is 5.32 Å². The second-order valence-electron chi connectivity index (χ2n) is 10.1. The van der Waals surface area contributed by atoms with Crippen LogP contribution in [0.15, 0.2) is 47.4 Å². The van der Waals surface area contributed by atoms with Crippen molar-refractivity contribution in [2.75, 3.05) is 26.3 Å². The van der Waals surface area contributed by atoms with Gasteiger partial charge in [0.1, 0.15) is 5.75 Å². The van der Waals surface area contributed by atoms with Gasteiger partial charge in [-0.15, -0.1) is 0 Å². The molecule has 0 amide bonds. The van der Waals surface area contributed by atoms with Crippen LogP contribution >= 0.6 is 0 Å². The first-order valence-corrected chi connectivity index (χ1v) is 15.2. The Bertz CT molecular complexity index is 947. The molecule has 1 fully saturated rings. The maximum absolute atomic E-state index is 12.7. The van der Waals surface area contributed by atoms with Crippen molar-refractivity contribution in [2.45, 2.75) is 93.5 Å². The number of aryl methyl sites for hydroxylation is 1. The first-order valence-electron chi connectivity index (χ1n) is 14.0. The van der Waals surface area contributed by atoms with Crippen molar-refractivity contribution in [1.29, 1.82) is 0 Å². The molecule has 1 saturated carbocycles. The molecule has 0 saturated heterocycles. The van der Waals surface area contributed by atoms with Crippen LogP contribution in [0.4, 0.5) is 0 Å². The molecule has 37 heavy (non-hydrogen) atoms. The molecule has 1 unspecified atom stereocenters. The minimum absolute atomic E-state index is 0.0466. The van der Waals surface area contributed by atoms with Gasteiger partial charge in [0.15, 0.2) is 0 Å². The molecule has 0 spiro atoms. The van der Waals surface area contributed by atoms with Gasteiger partial charge < -0.3 is 25.4 Å². The summed E-state index contributed by atoms with van der Waals surface area (Å²) in [5.74, 6) is 0.0466. The van der Waals surface area contributed by atoms with E-state index in [1.807, 2.05) is 6.07 Å². The molecule has 0 heterocycles. The van der Waals surface area contributed by atoms with E-state index in [-0.39, 0.29) is 12.4 Å².